The van der Waals surface area contributed by atoms with Gasteiger partial charge in [0.2, 0.25) is 5.82 Å². The van der Waals surface area contributed by atoms with Gasteiger partial charge in [0, 0.05) is 11.8 Å². The predicted octanol–water partition coefficient (Wildman–Crippen LogP) is 3.86. The van der Waals surface area contributed by atoms with Crippen molar-refractivity contribution in [2.24, 2.45) is 5.18 Å². The Labute approximate surface area is 120 Å². The van der Waals surface area contributed by atoms with Gasteiger partial charge in [-0.25, -0.2) is 9.37 Å². The largest absolute Gasteiger partial charge is 0.497 e. The van der Waals surface area contributed by atoms with Gasteiger partial charge in [-0.1, -0.05) is 0 Å². The van der Waals surface area contributed by atoms with Gasteiger partial charge in [0.25, 0.3) is 0 Å². The molecule has 0 saturated carbocycles. The van der Waals surface area contributed by atoms with Gasteiger partial charge < -0.3 is 4.74 Å². The van der Waals surface area contributed by atoms with Crippen molar-refractivity contribution in [3.63, 3.8) is 0 Å². The highest BCUT2D eigenvalue weighted by Crippen LogP contribution is 2.34. The number of hydrogen-bond acceptors (Lipinski definition) is 4. The molecule has 2 heterocycles. The summed E-state index contributed by atoms with van der Waals surface area (Å²) in [4.78, 5) is 15.5. The normalized spacial score (nSPS) is 10.8. The van der Waals surface area contributed by atoms with Crippen LogP contribution in [0.2, 0.25) is 0 Å². The number of benzene rings is 1. The second kappa shape index (κ2) is 4.97. The van der Waals surface area contributed by atoms with E-state index in [0.717, 1.165) is 11.1 Å². The lowest BCUT2D eigenvalue weighted by Crippen LogP contribution is -1.88. The van der Waals surface area contributed by atoms with Gasteiger partial charge in [-0.3, -0.25) is 4.40 Å². The first-order valence-electron chi connectivity index (χ1n) is 6.30. The Morgan fingerprint density at radius 3 is 2.76 bits per heavy atom. The first kappa shape index (κ1) is 13.2. The Morgan fingerprint density at radius 1 is 1.29 bits per heavy atom. The molecule has 3 aromatic rings. The molecule has 0 bridgehead atoms. The molecule has 6 heteroatoms. The fraction of sp³-hybridized carbons (Fsp3) is 0.133. The van der Waals surface area contributed by atoms with Crippen LogP contribution in [0.4, 0.5) is 10.2 Å². The summed E-state index contributed by atoms with van der Waals surface area (Å²) in [6.45, 7) is 1.89. The summed E-state index contributed by atoms with van der Waals surface area (Å²) in [6, 6.07) is 8.23. The molecule has 3 rings (SSSR count). The molecule has 21 heavy (non-hydrogen) atoms. The minimum Gasteiger partial charge on any atom is -0.497 e. The van der Waals surface area contributed by atoms with Crippen LogP contribution in [-0.4, -0.2) is 16.5 Å². The molecule has 0 aliphatic rings. The summed E-state index contributed by atoms with van der Waals surface area (Å²) in [6.07, 6.45) is 1.20. The van der Waals surface area contributed by atoms with Crippen LogP contribution in [0.25, 0.3) is 16.9 Å². The number of aromatic nitrogens is 2. The maximum atomic E-state index is 13.3. The minimum atomic E-state index is -0.456. The SMILES string of the molecule is COc1ccc(-c2nc3ccc(F)cn3c2N=O)c(C)c1. The van der Waals surface area contributed by atoms with E-state index in [2.05, 4.69) is 10.2 Å². The Hall–Kier alpha value is -2.76. The first-order valence-corrected chi connectivity index (χ1v) is 6.30. The van der Waals surface area contributed by atoms with E-state index in [9.17, 15) is 9.30 Å². The topological polar surface area (TPSA) is 56.0 Å². The number of fused-ring (bicyclic) bond motifs is 1. The van der Waals surface area contributed by atoms with Gasteiger partial charge in [-0.15, -0.1) is 4.91 Å². The van der Waals surface area contributed by atoms with Crippen molar-refractivity contribution in [1.82, 2.24) is 9.38 Å². The molecule has 0 unspecified atom stereocenters. The first-order chi connectivity index (χ1) is 10.1. The number of ether oxygens (including phenoxy) is 1. The van der Waals surface area contributed by atoms with E-state index >= 15 is 0 Å². The minimum absolute atomic E-state index is 0.0813. The Morgan fingerprint density at radius 2 is 2.10 bits per heavy atom. The molecule has 5 nitrogen and oxygen atoms in total. The lowest BCUT2D eigenvalue weighted by atomic mass is 10.1. The van der Waals surface area contributed by atoms with Crippen molar-refractivity contribution >= 4 is 11.5 Å². The van der Waals surface area contributed by atoms with Gasteiger partial charge in [-0.05, 0) is 48.0 Å². The summed E-state index contributed by atoms with van der Waals surface area (Å²) < 4.78 is 19.8. The highest BCUT2D eigenvalue weighted by Gasteiger charge is 2.17. The molecule has 0 radical (unpaired) electrons. The maximum absolute atomic E-state index is 13.3. The zero-order valence-electron chi connectivity index (χ0n) is 11.5. The van der Waals surface area contributed by atoms with Crippen LogP contribution in [0.3, 0.4) is 0 Å². The number of pyridine rings is 1. The number of nitrogens with zero attached hydrogens (tertiary/aromatic N) is 3. The summed E-state index contributed by atoms with van der Waals surface area (Å²) in [7, 11) is 1.58. The van der Waals surface area contributed by atoms with Crippen LogP contribution < -0.4 is 4.74 Å². The molecular weight excluding hydrogens is 273 g/mol. The Kier molecular flexibility index (Phi) is 3.13. The van der Waals surface area contributed by atoms with E-state index in [4.69, 9.17) is 4.74 Å². The summed E-state index contributed by atoms with van der Waals surface area (Å²) >= 11 is 0. The Balaban J connectivity index is 2.27. The number of nitroso groups, excluding NO2 is 1. The lowest BCUT2D eigenvalue weighted by molar-refractivity contribution is 0.414. The maximum Gasteiger partial charge on any atom is 0.209 e. The quantitative estimate of drug-likeness (QED) is 0.687. The third-order valence-corrected chi connectivity index (χ3v) is 3.33. The zero-order valence-corrected chi connectivity index (χ0v) is 11.5. The summed E-state index contributed by atoms with van der Waals surface area (Å²) in [5.74, 6) is 0.340. The van der Waals surface area contributed by atoms with Gasteiger partial charge in [0.05, 0.1) is 7.11 Å². The van der Waals surface area contributed by atoms with Crippen molar-refractivity contribution in [3.8, 4) is 17.0 Å². The highest BCUT2D eigenvalue weighted by molar-refractivity contribution is 5.77. The molecule has 0 saturated heterocycles. The molecule has 0 fully saturated rings. The average Bonchev–Trinajstić information content (AvgIpc) is 2.84. The molecule has 2 aromatic heterocycles. The Bertz CT molecular complexity index is 842. The number of halogens is 1. The standard InChI is InChI=1S/C15H12FN3O2/c1-9-7-11(21-2)4-5-12(9)14-15(18-20)19-8-10(16)3-6-13(19)17-14/h3-8H,1-2H3. The van der Waals surface area contributed by atoms with E-state index in [1.54, 1.807) is 19.2 Å². The number of methoxy groups -OCH3 is 1. The highest BCUT2D eigenvalue weighted by atomic mass is 19.1. The van der Waals surface area contributed by atoms with E-state index in [0.29, 0.717) is 17.1 Å². The van der Waals surface area contributed by atoms with E-state index in [-0.39, 0.29) is 5.82 Å². The number of imidazole rings is 1. The van der Waals surface area contributed by atoms with Crippen LogP contribution in [0, 0.1) is 17.6 Å². The molecule has 0 N–H and O–H groups in total. The molecule has 106 valence electrons. The van der Waals surface area contributed by atoms with Gasteiger partial charge in [0.15, 0.2) is 0 Å². The molecule has 1 aromatic carbocycles. The molecule has 0 aliphatic heterocycles. The number of hydrogen-bond donors (Lipinski definition) is 0. The van der Waals surface area contributed by atoms with E-state index in [1.165, 1.54) is 22.7 Å². The predicted molar refractivity (Wildman–Crippen MR) is 77.3 cm³/mol. The average molecular weight is 285 g/mol. The van der Waals surface area contributed by atoms with Crippen LogP contribution >= 0.6 is 0 Å². The molecule has 0 amide bonds. The summed E-state index contributed by atoms with van der Waals surface area (Å²) in [5, 5.41) is 3.01. The lowest BCUT2D eigenvalue weighted by Gasteiger charge is -2.06. The van der Waals surface area contributed by atoms with Crippen LogP contribution in [0.1, 0.15) is 5.56 Å². The fourth-order valence-electron chi connectivity index (χ4n) is 2.30. The molecular formula is C15H12FN3O2. The third-order valence-electron chi connectivity index (χ3n) is 3.33. The van der Waals surface area contributed by atoms with Crippen LogP contribution in [-0.2, 0) is 0 Å². The molecule has 0 spiro atoms. The van der Waals surface area contributed by atoms with Gasteiger partial charge in [-0.2, -0.15) is 0 Å². The monoisotopic (exact) mass is 285 g/mol. The van der Waals surface area contributed by atoms with Gasteiger partial charge in [0.1, 0.15) is 22.9 Å². The summed E-state index contributed by atoms with van der Waals surface area (Å²) in [5.41, 5.74) is 2.55. The van der Waals surface area contributed by atoms with Crippen molar-refractivity contribution in [1.29, 1.82) is 0 Å². The third kappa shape index (κ3) is 2.14. The van der Waals surface area contributed by atoms with E-state index < -0.39 is 5.82 Å². The van der Waals surface area contributed by atoms with Crippen molar-refractivity contribution in [3.05, 3.63) is 52.8 Å². The van der Waals surface area contributed by atoms with Crippen molar-refractivity contribution < 1.29 is 9.13 Å². The molecule has 0 atom stereocenters. The number of aryl methyl sites for hydroxylation is 1. The second-order valence-corrected chi connectivity index (χ2v) is 4.63. The van der Waals surface area contributed by atoms with Gasteiger partial charge >= 0.3 is 0 Å². The van der Waals surface area contributed by atoms with Crippen molar-refractivity contribution in [2.75, 3.05) is 7.11 Å². The van der Waals surface area contributed by atoms with E-state index in [1.807, 2.05) is 13.0 Å². The molecule has 0 aliphatic carbocycles. The smallest absolute Gasteiger partial charge is 0.209 e. The van der Waals surface area contributed by atoms with Crippen molar-refractivity contribution in [2.45, 2.75) is 6.92 Å². The fourth-order valence-corrected chi connectivity index (χ4v) is 2.30. The van der Waals surface area contributed by atoms with Crippen LogP contribution in [0.5, 0.6) is 5.75 Å². The van der Waals surface area contributed by atoms with Crippen LogP contribution in [0.15, 0.2) is 41.7 Å². The zero-order chi connectivity index (χ0) is 15.0. The number of rotatable bonds is 3. The second-order valence-electron chi connectivity index (χ2n) is 4.63.